The number of hydrogen-bond donors (Lipinski definition) is 1. The molecule has 1 aliphatic carbocycles. The lowest BCUT2D eigenvalue weighted by Gasteiger charge is -2.28. The molecule has 0 bridgehead atoms. The topological polar surface area (TPSA) is 62.3 Å². The van der Waals surface area contributed by atoms with Gasteiger partial charge in [0.15, 0.2) is 9.84 Å². The lowest BCUT2D eigenvalue weighted by atomic mass is 10.3. The molecule has 1 saturated heterocycles. The molecule has 0 spiro atoms. The van der Waals surface area contributed by atoms with Gasteiger partial charge in [-0.25, -0.2) is 13.4 Å². The Balaban J connectivity index is 1.71. The molecule has 0 amide bonds. The predicted octanol–water partition coefficient (Wildman–Crippen LogP) is 1.22. The maximum Gasteiger partial charge on any atom is 0.153 e. The van der Waals surface area contributed by atoms with Crippen molar-refractivity contribution in [2.75, 3.05) is 29.5 Å². The molecule has 1 saturated carbocycles. The number of pyridine rings is 1. The molecule has 7 heteroatoms. The summed E-state index contributed by atoms with van der Waals surface area (Å²) in [5.41, 5.74) is 0.837. The summed E-state index contributed by atoms with van der Waals surface area (Å²) < 4.78 is 22.9. The fourth-order valence-electron chi connectivity index (χ4n) is 2.24. The number of sulfone groups is 1. The van der Waals surface area contributed by atoms with Crippen LogP contribution in [0.25, 0.3) is 0 Å². The van der Waals surface area contributed by atoms with E-state index in [1.54, 1.807) is 0 Å². The highest BCUT2D eigenvalue weighted by Crippen LogP contribution is 2.23. The summed E-state index contributed by atoms with van der Waals surface area (Å²) in [6.45, 7) is 1.68. The molecule has 1 aromatic heterocycles. The van der Waals surface area contributed by atoms with Crippen LogP contribution in [-0.2, 0) is 16.4 Å². The third-order valence-electron chi connectivity index (χ3n) is 3.71. The van der Waals surface area contributed by atoms with Gasteiger partial charge in [0.2, 0.25) is 0 Å². The minimum absolute atomic E-state index is 0.201. The van der Waals surface area contributed by atoms with Crippen LogP contribution in [0.5, 0.6) is 0 Å². The van der Waals surface area contributed by atoms with Crippen molar-refractivity contribution in [3.05, 3.63) is 22.8 Å². The third kappa shape index (κ3) is 3.42. The van der Waals surface area contributed by atoms with E-state index in [1.807, 2.05) is 17.0 Å². The minimum atomic E-state index is -2.86. The molecule has 0 atom stereocenters. The van der Waals surface area contributed by atoms with Gasteiger partial charge in [0, 0.05) is 25.7 Å². The quantitative estimate of drug-likeness (QED) is 0.905. The Morgan fingerprint density at radius 2 is 2.00 bits per heavy atom. The van der Waals surface area contributed by atoms with Crippen LogP contribution < -0.4 is 10.2 Å². The number of halogens is 1. The molecule has 2 heterocycles. The molecule has 1 aromatic rings. The van der Waals surface area contributed by atoms with Crippen molar-refractivity contribution in [1.82, 2.24) is 10.3 Å². The molecular formula is C13H18ClN3O2S. The van der Waals surface area contributed by atoms with Gasteiger partial charge in [-0.15, -0.1) is 0 Å². The van der Waals surface area contributed by atoms with Gasteiger partial charge in [-0.3, -0.25) is 0 Å². The molecule has 5 nitrogen and oxygen atoms in total. The van der Waals surface area contributed by atoms with Crippen LogP contribution in [0.2, 0.25) is 5.02 Å². The maximum absolute atomic E-state index is 11.5. The van der Waals surface area contributed by atoms with Crippen LogP contribution in [0.3, 0.4) is 0 Å². The summed E-state index contributed by atoms with van der Waals surface area (Å²) in [7, 11) is -2.86. The first-order chi connectivity index (χ1) is 9.53. The number of hydrogen-bond acceptors (Lipinski definition) is 5. The SMILES string of the molecule is O=S1(=O)CCN(c2ccc(Cl)c(CNC3CC3)n2)CC1. The van der Waals surface area contributed by atoms with Crippen LogP contribution in [-0.4, -0.2) is 44.0 Å². The van der Waals surface area contributed by atoms with Crippen molar-refractivity contribution < 1.29 is 8.42 Å². The van der Waals surface area contributed by atoms with Crippen LogP contribution in [0.1, 0.15) is 18.5 Å². The molecule has 0 radical (unpaired) electrons. The number of rotatable bonds is 4. The average Bonchev–Trinajstić information content (AvgIpc) is 3.22. The summed E-state index contributed by atoms with van der Waals surface area (Å²) in [5.74, 6) is 1.22. The van der Waals surface area contributed by atoms with E-state index in [0.29, 0.717) is 30.7 Å². The molecular weight excluding hydrogens is 298 g/mol. The Bertz CT molecular complexity index is 588. The molecule has 1 N–H and O–H groups in total. The lowest BCUT2D eigenvalue weighted by Crippen LogP contribution is -2.40. The Morgan fingerprint density at radius 1 is 1.30 bits per heavy atom. The van der Waals surface area contributed by atoms with E-state index in [9.17, 15) is 8.42 Å². The molecule has 0 aromatic carbocycles. The molecule has 0 unspecified atom stereocenters. The molecule has 3 rings (SSSR count). The van der Waals surface area contributed by atoms with Gasteiger partial charge < -0.3 is 10.2 Å². The Kier molecular flexibility index (Phi) is 3.88. The first-order valence-corrected chi connectivity index (χ1v) is 9.08. The summed E-state index contributed by atoms with van der Waals surface area (Å²) in [4.78, 5) is 6.59. The van der Waals surface area contributed by atoms with Gasteiger partial charge >= 0.3 is 0 Å². The normalized spacial score (nSPS) is 21.9. The fraction of sp³-hybridized carbons (Fsp3) is 0.615. The van der Waals surface area contributed by atoms with Crippen molar-refractivity contribution in [3.8, 4) is 0 Å². The molecule has 2 fully saturated rings. The van der Waals surface area contributed by atoms with E-state index in [1.165, 1.54) is 12.8 Å². The van der Waals surface area contributed by atoms with Gasteiger partial charge in [0.1, 0.15) is 5.82 Å². The second-order valence-electron chi connectivity index (χ2n) is 5.39. The zero-order valence-electron chi connectivity index (χ0n) is 11.2. The van der Waals surface area contributed by atoms with E-state index in [2.05, 4.69) is 10.3 Å². The monoisotopic (exact) mass is 315 g/mol. The highest BCUT2D eigenvalue weighted by molar-refractivity contribution is 7.91. The van der Waals surface area contributed by atoms with Crippen LogP contribution in [0, 0.1) is 0 Å². The van der Waals surface area contributed by atoms with Crippen molar-refractivity contribution in [2.45, 2.75) is 25.4 Å². The van der Waals surface area contributed by atoms with Gasteiger partial charge in [-0.2, -0.15) is 0 Å². The highest BCUT2D eigenvalue weighted by Gasteiger charge is 2.24. The van der Waals surface area contributed by atoms with E-state index in [0.717, 1.165) is 11.5 Å². The molecule has 1 aliphatic heterocycles. The third-order valence-corrected chi connectivity index (χ3v) is 5.66. The van der Waals surface area contributed by atoms with Crippen LogP contribution in [0.4, 0.5) is 5.82 Å². The van der Waals surface area contributed by atoms with E-state index in [4.69, 9.17) is 11.6 Å². The number of nitrogens with zero attached hydrogens (tertiary/aromatic N) is 2. The van der Waals surface area contributed by atoms with Gasteiger partial charge in [0.25, 0.3) is 0 Å². The largest absolute Gasteiger partial charge is 0.355 e. The smallest absolute Gasteiger partial charge is 0.153 e. The first kappa shape index (κ1) is 14.1. The van der Waals surface area contributed by atoms with Gasteiger partial charge in [-0.05, 0) is 25.0 Å². The standard InChI is InChI=1S/C13H18ClN3O2S/c14-11-3-4-13(16-12(11)9-15-10-1-2-10)17-5-7-20(18,19)8-6-17/h3-4,10,15H,1-2,5-9H2. The van der Waals surface area contributed by atoms with Crippen LogP contribution >= 0.6 is 11.6 Å². The predicted molar refractivity (Wildman–Crippen MR) is 80.0 cm³/mol. The summed E-state index contributed by atoms with van der Waals surface area (Å²) >= 11 is 6.17. The Morgan fingerprint density at radius 3 is 2.65 bits per heavy atom. The fourth-order valence-corrected chi connectivity index (χ4v) is 3.62. The molecule has 2 aliphatic rings. The second-order valence-corrected chi connectivity index (χ2v) is 8.10. The maximum atomic E-state index is 11.5. The zero-order chi connectivity index (χ0) is 14.2. The highest BCUT2D eigenvalue weighted by atomic mass is 35.5. The number of nitrogens with one attached hydrogen (secondary N) is 1. The van der Waals surface area contributed by atoms with Crippen molar-refractivity contribution >= 4 is 27.3 Å². The number of anilines is 1. The van der Waals surface area contributed by atoms with Crippen molar-refractivity contribution in [2.24, 2.45) is 0 Å². The van der Waals surface area contributed by atoms with E-state index in [-0.39, 0.29) is 11.5 Å². The van der Waals surface area contributed by atoms with Crippen LogP contribution in [0.15, 0.2) is 12.1 Å². The lowest BCUT2D eigenvalue weighted by molar-refractivity contribution is 0.586. The average molecular weight is 316 g/mol. The summed E-state index contributed by atoms with van der Waals surface area (Å²) in [6, 6.07) is 4.31. The number of aromatic nitrogens is 1. The molecule has 20 heavy (non-hydrogen) atoms. The Labute approximate surface area is 124 Å². The zero-order valence-corrected chi connectivity index (χ0v) is 12.8. The van der Waals surface area contributed by atoms with Gasteiger partial charge in [-0.1, -0.05) is 11.6 Å². The van der Waals surface area contributed by atoms with E-state index < -0.39 is 9.84 Å². The van der Waals surface area contributed by atoms with Crippen molar-refractivity contribution in [1.29, 1.82) is 0 Å². The summed E-state index contributed by atoms with van der Waals surface area (Å²) in [6.07, 6.45) is 2.45. The van der Waals surface area contributed by atoms with E-state index >= 15 is 0 Å². The Hall–Kier alpha value is -0.850. The van der Waals surface area contributed by atoms with Gasteiger partial charge in [0.05, 0.1) is 22.2 Å². The van der Waals surface area contributed by atoms with Crippen molar-refractivity contribution in [3.63, 3.8) is 0 Å². The second kappa shape index (κ2) is 5.50. The molecule has 110 valence electrons. The first-order valence-electron chi connectivity index (χ1n) is 6.88. The minimum Gasteiger partial charge on any atom is -0.355 e. The summed E-state index contributed by atoms with van der Waals surface area (Å²) in [5, 5.41) is 4.05.